The molecule has 0 unspecified atom stereocenters. The van der Waals surface area contributed by atoms with Gasteiger partial charge in [0.2, 0.25) is 0 Å². The third-order valence-corrected chi connectivity index (χ3v) is 3.27. The third-order valence-electron chi connectivity index (χ3n) is 3.27. The second kappa shape index (κ2) is 5.65. The fraction of sp³-hybridized carbons (Fsp3) is 0.188. The number of benzene rings is 2. The van der Waals surface area contributed by atoms with Crippen LogP contribution >= 0.6 is 0 Å². The average Bonchev–Trinajstić information content (AvgIpc) is 2.45. The van der Waals surface area contributed by atoms with Crippen LogP contribution in [0, 0.1) is 6.92 Å². The molecule has 0 aliphatic rings. The summed E-state index contributed by atoms with van der Waals surface area (Å²) < 4.78 is 5.34. The topological polar surface area (TPSA) is 49.8 Å². The molecule has 0 heterocycles. The molecule has 0 fully saturated rings. The van der Waals surface area contributed by atoms with E-state index in [9.17, 15) is 4.79 Å². The summed E-state index contributed by atoms with van der Waals surface area (Å²) in [6.07, 6.45) is 0. The van der Waals surface area contributed by atoms with Crippen molar-refractivity contribution >= 4 is 17.3 Å². The maximum absolute atomic E-state index is 11.0. The number of carboxylic acid groups (broad SMARTS) is 1. The van der Waals surface area contributed by atoms with Gasteiger partial charge in [0.15, 0.2) is 0 Å². The Morgan fingerprint density at radius 3 is 2.50 bits per heavy atom. The number of rotatable bonds is 4. The van der Waals surface area contributed by atoms with E-state index in [4.69, 9.17) is 9.84 Å². The van der Waals surface area contributed by atoms with Crippen LogP contribution in [-0.2, 0) is 0 Å². The van der Waals surface area contributed by atoms with Crippen LogP contribution in [0.25, 0.3) is 0 Å². The molecular weight excluding hydrogens is 254 g/mol. The van der Waals surface area contributed by atoms with Crippen molar-refractivity contribution in [3.05, 3.63) is 53.6 Å². The zero-order chi connectivity index (χ0) is 14.7. The van der Waals surface area contributed by atoms with Crippen molar-refractivity contribution in [1.29, 1.82) is 0 Å². The van der Waals surface area contributed by atoms with Crippen molar-refractivity contribution in [3.8, 4) is 5.75 Å². The molecule has 1 N–H and O–H groups in total. The van der Waals surface area contributed by atoms with Gasteiger partial charge in [0.1, 0.15) is 5.75 Å². The summed E-state index contributed by atoms with van der Waals surface area (Å²) in [5, 5.41) is 9.06. The van der Waals surface area contributed by atoms with E-state index in [1.54, 1.807) is 26.2 Å². The van der Waals surface area contributed by atoms with Crippen LogP contribution in [0.3, 0.4) is 0 Å². The van der Waals surface area contributed by atoms with Crippen molar-refractivity contribution in [2.24, 2.45) is 0 Å². The summed E-state index contributed by atoms with van der Waals surface area (Å²) in [5.41, 5.74) is 2.90. The molecule has 0 spiro atoms. The summed E-state index contributed by atoms with van der Waals surface area (Å²) in [5.74, 6) is -0.135. The van der Waals surface area contributed by atoms with Gasteiger partial charge in [-0.1, -0.05) is 12.1 Å². The molecule has 2 rings (SSSR count). The van der Waals surface area contributed by atoms with Crippen LogP contribution in [-0.4, -0.2) is 25.2 Å². The molecule has 0 aliphatic heterocycles. The second-order valence-corrected chi connectivity index (χ2v) is 4.54. The Labute approximate surface area is 118 Å². The van der Waals surface area contributed by atoms with Crippen molar-refractivity contribution in [2.75, 3.05) is 19.1 Å². The van der Waals surface area contributed by atoms with Gasteiger partial charge in [0.25, 0.3) is 0 Å². The van der Waals surface area contributed by atoms with Crippen LogP contribution in [0.4, 0.5) is 11.4 Å². The van der Waals surface area contributed by atoms with Gasteiger partial charge in [-0.25, -0.2) is 4.79 Å². The largest absolute Gasteiger partial charge is 0.495 e. The Morgan fingerprint density at radius 1 is 1.20 bits per heavy atom. The van der Waals surface area contributed by atoms with Gasteiger partial charge in [-0.3, -0.25) is 0 Å². The molecule has 0 bridgehead atoms. The maximum atomic E-state index is 11.0. The fourth-order valence-electron chi connectivity index (χ4n) is 2.14. The summed E-state index contributed by atoms with van der Waals surface area (Å²) in [6, 6.07) is 13.0. The zero-order valence-corrected chi connectivity index (χ0v) is 11.8. The number of hydrogen-bond donors (Lipinski definition) is 1. The molecular formula is C16H17NO3. The monoisotopic (exact) mass is 271 g/mol. The van der Waals surface area contributed by atoms with Crippen LogP contribution in [0.5, 0.6) is 5.75 Å². The van der Waals surface area contributed by atoms with Gasteiger partial charge in [-0.15, -0.1) is 0 Å². The molecule has 4 nitrogen and oxygen atoms in total. The van der Waals surface area contributed by atoms with Crippen molar-refractivity contribution in [2.45, 2.75) is 6.92 Å². The molecule has 2 aromatic carbocycles. The van der Waals surface area contributed by atoms with Gasteiger partial charge in [-0.2, -0.15) is 0 Å². The highest BCUT2D eigenvalue weighted by molar-refractivity contribution is 5.90. The number of anilines is 2. The Morgan fingerprint density at radius 2 is 1.90 bits per heavy atom. The van der Waals surface area contributed by atoms with Gasteiger partial charge in [-0.05, 0) is 42.8 Å². The highest BCUT2D eigenvalue weighted by Crippen LogP contribution is 2.32. The van der Waals surface area contributed by atoms with E-state index in [-0.39, 0.29) is 0 Å². The zero-order valence-electron chi connectivity index (χ0n) is 11.8. The first kappa shape index (κ1) is 13.9. The van der Waals surface area contributed by atoms with E-state index in [0.29, 0.717) is 5.56 Å². The fourth-order valence-corrected chi connectivity index (χ4v) is 2.14. The average molecular weight is 271 g/mol. The van der Waals surface area contributed by atoms with Crippen molar-refractivity contribution < 1.29 is 14.6 Å². The Hall–Kier alpha value is -2.49. The van der Waals surface area contributed by atoms with E-state index in [0.717, 1.165) is 22.7 Å². The lowest BCUT2D eigenvalue weighted by atomic mass is 10.1. The number of ether oxygens (including phenoxy) is 1. The number of aryl methyl sites for hydroxylation is 1. The molecule has 0 aliphatic carbocycles. The number of methoxy groups -OCH3 is 1. The minimum absolute atomic E-state index is 0.321. The molecule has 4 heteroatoms. The summed E-state index contributed by atoms with van der Waals surface area (Å²) in [4.78, 5) is 13.0. The number of aromatic carboxylic acids is 1. The van der Waals surface area contributed by atoms with Gasteiger partial charge >= 0.3 is 5.97 Å². The predicted octanol–water partition coefficient (Wildman–Crippen LogP) is 3.47. The molecule has 0 saturated carbocycles. The van der Waals surface area contributed by atoms with Crippen molar-refractivity contribution in [1.82, 2.24) is 0 Å². The molecule has 20 heavy (non-hydrogen) atoms. The van der Waals surface area contributed by atoms with E-state index < -0.39 is 5.97 Å². The summed E-state index contributed by atoms with van der Waals surface area (Å²) in [6.45, 7) is 1.79. The molecule has 2 aromatic rings. The van der Waals surface area contributed by atoms with Gasteiger partial charge in [0, 0.05) is 12.7 Å². The van der Waals surface area contributed by atoms with Crippen LogP contribution in [0.15, 0.2) is 42.5 Å². The van der Waals surface area contributed by atoms with E-state index in [1.807, 2.05) is 42.3 Å². The first-order valence-electron chi connectivity index (χ1n) is 6.25. The normalized spacial score (nSPS) is 10.2. The number of hydrogen-bond acceptors (Lipinski definition) is 3. The first-order valence-corrected chi connectivity index (χ1v) is 6.25. The number of carboxylic acids is 1. The van der Waals surface area contributed by atoms with E-state index in [2.05, 4.69) is 0 Å². The Kier molecular flexibility index (Phi) is 3.94. The molecule has 0 amide bonds. The summed E-state index contributed by atoms with van der Waals surface area (Å²) in [7, 11) is 3.55. The smallest absolute Gasteiger partial charge is 0.335 e. The maximum Gasteiger partial charge on any atom is 0.335 e. The number of para-hydroxylation sites is 2. The Balaban J connectivity index is 2.41. The highest BCUT2D eigenvalue weighted by Gasteiger charge is 2.12. The molecule has 0 aromatic heterocycles. The number of nitrogens with zero attached hydrogens (tertiary/aromatic N) is 1. The lowest BCUT2D eigenvalue weighted by Gasteiger charge is -2.22. The van der Waals surface area contributed by atoms with E-state index in [1.165, 1.54) is 0 Å². The predicted molar refractivity (Wildman–Crippen MR) is 79.2 cm³/mol. The van der Waals surface area contributed by atoms with Crippen LogP contribution < -0.4 is 9.64 Å². The lowest BCUT2D eigenvalue weighted by Crippen LogP contribution is -2.11. The SMILES string of the molecule is COc1ccccc1N(C)c1ccc(C(=O)O)c(C)c1. The van der Waals surface area contributed by atoms with Gasteiger partial charge in [0.05, 0.1) is 18.4 Å². The minimum atomic E-state index is -0.908. The quantitative estimate of drug-likeness (QED) is 0.925. The molecule has 104 valence electrons. The minimum Gasteiger partial charge on any atom is -0.495 e. The highest BCUT2D eigenvalue weighted by atomic mass is 16.5. The standard InChI is InChI=1S/C16H17NO3/c1-11-10-12(8-9-13(11)16(18)19)17(2)14-6-4-5-7-15(14)20-3/h4-10H,1-3H3,(H,18,19). The number of carbonyl (C=O) groups is 1. The molecule has 0 radical (unpaired) electrons. The van der Waals surface area contributed by atoms with E-state index >= 15 is 0 Å². The molecule has 0 atom stereocenters. The second-order valence-electron chi connectivity index (χ2n) is 4.54. The molecule has 0 saturated heterocycles. The van der Waals surface area contributed by atoms with Gasteiger partial charge < -0.3 is 14.7 Å². The first-order chi connectivity index (χ1) is 9.54. The van der Waals surface area contributed by atoms with Crippen LogP contribution in [0.2, 0.25) is 0 Å². The van der Waals surface area contributed by atoms with Crippen LogP contribution in [0.1, 0.15) is 15.9 Å². The summed E-state index contributed by atoms with van der Waals surface area (Å²) >= 11 is 0. The lowest BCUT2D eigenvalue weighted by molar-refractivity contribution is 0.0696. The Bertz CT molecular complexity index is 637. The third kappa shape index (κ3) is 2.59. The van der Waals surface area contributed by atoms with Crippen molar-refractivity contribution in [3.63, 3.8) is 0 Å².